The van der Waals surface area contributed by atoms with Gasteiger partial charge in [-0.2, -0.15) is 11.8 Å². The SMILES string of the molecule is CC(Cc1ccc(Cl)cc1)[NH2+]CCC(O)(c1ccccc1)C1CCSC1.O=C([O-])/C=C/C(=O)O. The van der Waals surface area contributed by atoms with Gasteiger partial charge in [0.1, 0.15) is 0 Å². The average molecular weight is 506 g/mol. The van der Waals surface area contributed by atoms with E-state index in [1.54, 1.807) is 0 Å². The average Bonchev–Trinajstić information content (AvgIpc) is 3.36. The predicted octanol–water partition coefficient (Wildman–Crippen LogP) is 2.24. The molecule has 3 rings (SSSR count). The van der Waals surface area contributed by atoms with Crippen molar-refractivity contribution in [1.29, 1.82) is 0 Å². The van der Waals surface area contributed by atoms with Crippen molar-refractivity contribution in [3.05, 3.63) is 82.9 Å². The molecule has 2 aromatic rings. The summed E-state index contributed by atoms with van der Waals surface area (Å²) in [7, 11) is 0. The van der Waals surface area contributed by atoms with Crippen LogP contribution < -0.4 is 10.4 Å². The molecule has 1 fully saturated rings. The molecule has 3 unspecified atom stereocenters. The minimum absolute atomic E-state index is 0.356. The van der Waals surface area contributed by atoms with Crippen LogP contribution in [-0.4, -0.2) is 46.2 Å². The minimum atomic E-state index is -1.51. The Morgan fingerprint density at radius 2 is 1.88 bits per heavy atom. The standard InChI is InChI=1S/C22H28ClNOS.C4H4O4/c1-17(15-18-7-9-21(23)10-8-18)24-13-12-22(25,20-11-14-26-16-20)19-5-3-2-4-6-19;5-3(6)1-2-4(7)8/h2-10,17,20,24-25H,11-16H2,1H3;1-2H,(H,5,6)(H,7,8)/b;2-1+. The van der Waals surface area contributed by atoms with Gasteiger partial charge in [0.2, 0.25) is 0 Å². The predicted molar refractivity (Wildman–Crippen MR) is 134 cm³/mol. The number of carbonyl (C=O) groups is 2. The molecule has 0 amide bonds. The van der Waals surface area contributed by atoms with Crippen molar-refractivity contribution in [1.82, 2.24) is 0 Å². The van der Waals surface area contributed by atoms with Crippen LogP contribution in [0.3, 0.4) is 0 Å². The molecule has 184 valence electrons. The first-order valence-electron chi connectivity index (χ1n) is 11.3. The van der Waals surface area contributed by atoms with E-state index in [0.717, 1.165) is 47.9 Å². The quantitative estimate of drug-likeness (QED) is 0.427. The molecule has 3 atom stereocenters. The second-order valence-corrected chi connectivity index (χ2v) is 10.0. The molecule has 0 spiro atoms. The molecule has 1 aliphatic heterocycles. The third-order valence-corrected chi connectivity index (χ3v) is 7.22. The molecule has 4 N–H and O–H groups in total. The largest absolute Gasteiger partial charge is 0.545 e. The normalized spacial score (nSPS) is 18.0. The molecule has 2 aromatic carbocycles. The van der Waals surface area contributed by atoms with Crippen LogP contribution in [0.4, 0.5) is 0 Å². The Morgan fingerprint density at radius 3 is 2.41 bits per heavy atom. The number of halogens is 1. The molecule has 34 heavy (non-hydrogen) atoms. The zero-order valence-corrected chi connectivity index (χ0v) is 20.8. The van der Waals surface area contributed by atoms with Crippen molar-refractivity contribution in [2.45, 2.75) is 37.8 Å². The van der Waals surface area contributed by atoms with Crippen molar-refractivity contribution in [3.8, 4) is 0 Å². The van der Waals surface area contributed by atoms with Gasteiger partial charge in [-0.1, -0.05) is 54.1 Å². The van der Waals surface area contributed by atoms with E-state index >= 15 is 0 Å². The monoisotopic (exact) mass is 505 g/mol. The lowest BCUT2D eigenvalue weighted by Gasteiger charge is -2.34. The van der Waals surface area contributed by atoms with E-state index in [1.165, 1.54) is 5.56 Å². The molecule has 1 saturated heterocycles. The van der Waals surface area contributed by atoms with E-state index in [4.69, 9.17) is 16.7 Å². The second kappa shape index (κ2) is 14.2. The van der Waals surface area contributed by atoms with Gasteiger partial charge in [-0.25, -0.2) is 4.79 Å². The van der Waals surface area contributed by atoms with Crippen LogP contribution in [0.1, 0.15) is 30.9 Å². The van der Waals surface area contributed by atoms with E-state index in [0.29, 0.717) is 24.1 Å². The second-order valence-electron chi connectivity index (χ2n) is 8.42. The Balaban J connectivity index is 0.000000440. The maximum absolute atomic E-state index is 11.6. The number of benzene rings is 2. The minimum Gasteiger partial charge on any atom is -0.545 e. The first kappa shape index (κ1) is 27.9. The van der Waals surface area contributed by atoms with Crippen molar-refractivity contribution in [2.24, 2.45) is 5.92 Å². The number of quaternary nitrogens is 1. The molecule has 0 aliphatic carbocycles. The summed E-state index contributed by atoms with van der Waals surface area (Å²) in [5, 5.41) is 31.9. The summed E-state index contributed by atoms with van der Waals surface area (Å²) >= 11 is 7.93. The number of rotatable bonds is 10. The Labute approximate surface area is 210 Å². The molecule has 0 aromatic heterocycles. The van der Waals surface area contributed by atoms with E-state index in [-0.39, 0.29) is 0 Å². The highest BCUT2D eigenvalue weighted by molar-refractivity contribution is 7.99. The van der Waals surface area contributed by atoms with Crippen LogP contribution in [0.2, 0.25) is 5.02 Å². The summed E-state index contributed by atoms with van der Waals surface area (Å²) in [6, 6.07) is 18.9. The lowest BCUT2D eigenvalue weighted by molar-refractivity contribution is -0.687. The fraction of sp³-hybridized carbons (Fsp3) is 0.385. The van der Waals surface area contributed by atoms with Crippen molar-refractivity contribution < 1.29 is 30.2 Å². The third-order valence-electron chi connectivity index (χ3n) is 5.81. The van der Waals surface area contributed by atoms with E-state index < -0.39 is 17.5 Å². The number of carbonyl (C=O) groups excluding carboxylic acids is 1. The maximum Gasteiger partial charge on any atom is 0.328 e. The summed E-state index contributed by atoms with van der Waals surface area (Å²) in [6.45, 7) is 3.18. The third kappa shape index (κ3) is 9.50. The summed E-state index contributed by atoms with van der Waals surface area (Å²) < 4.78 is 0. The molecular weight excluding hydrogens is 474 g/mol. The van der Waals surface area contributed by atoms with Gasteiger partial charge in [0, 0.05) is 29.9 Å². The number of hydrogen-bond donors (Lipinski definition) is 3. The highest BCUT2D eigenvalue weighted by Gasteiger charge is 2.40. The summed E-state index contributed by atoms with van der Waals surface area (Å²) in [6.07, 6.45) is 3.86. The molecule has 1 heterocycles. The zero-order chi connectivity index (χ0) is 25.0. The van der Waals surface area contributed by atoms with Gasteiger partial charge in [-0.15, -0.1) is 0 Å². The van der Waals surface area contributed by atoms with Crippen molar-refractivity contribution >= 4 is 35.3 Å². The summed E-state index contributed by atoms with van der Waals surface area (Å²) in [5.74, 6) is -0.223. The molecule has 0 bridgehead atoms. The molecule has 0 radical (unpaired) electrons. The number of nitrogens with two attached hydrogens (primary N) is 1. The van der Waals surface area contributed by atoms with Gasteiger partial charge in [0.25, 0.3) is 0 Å². The van der Waals surface area contributed by atoms with Crippen molar-refractivity contribution in [2.75, 3.05) is 18.1 Å². The number of hydrogen-bond acceptors (Lipinski definition) is 5. The lowest BCUT2D eigenvalue weighted by Crippen LogP contribution is -2.90. The van der Waals surface area contributed by atoms with Gasteiger partial charge in [-0.3, -0.25) is 0 Å². The molecule has 0 saturated carbocycles. The van der Waals surface area contributed by atoms with Crippen LogP contribution in [0, 0.1) is 5.92 Å². The van der Waals surface area contributed by atoms with Crippen LogP contribution >= 0.6 is 23.4 Å². The first-order valence-corrected chi connectivity index (χ1v) is 12.8. The number of thioether (sulfide) groups is 1. The molecule has 1 aliphatic rings. The van der Waals surface area contributed by atoms with Crippen LogP contribution in [0.5, 0.6) is 0 Å². The Kier molecular flexibility index (Phi) is 11.6. The smallest absolute Gasteiger partial charge is 0.328 e. The van der Waals surface area contributed by atoms with Gasteiger partial charge in [-0.05, 0) is 54.2 Å². The Bertz CT molecular complexity index is 916. The maximum atomic E-state index is 11.6. The number of carboxylic acid groups (broad SMARTS) is 2. The van der Waals surface area contributed by atoms with Crippen molar-refractivity contribution in [3.63, 3.8) is 0 Å². The van der Waals surface area contributed by atoms with E-state index in [2.05, 4.69) is 36.5 Å². The number of carboxylic acids is 2. The van der Waals surface area contributed by atoms with Crippen LogP contribution in [0.25, 0.3) is 0 Å². The topological polar surface area (TPSA) is 114 Å². The van der Waals surface area contributed by atoms with Gasteiger partial charge < -0.3 is 25.4 Å². The summed E-state index contributed by atoms with van der Waals surface area (Å²) in [5.41, 5.74) is 1.68. The van der Waals surface area contributed by atoms with Crippen LogP contribution in [0.15, 0.2) is 66.7 Å². The van der Waals surface area contributed by atoms with Crippen LogP contribution in [-0.2, 0) is 21.6 Å². The first-order chi connectivity index (χ1) is 16.2. The Hall–Kier alpha value is -2.32. The van der Waals surface area contributed by atoms with Gasteiger partial charge in [0.05, 0.1) is 24.2 Å². The fourth-order valence-corrected chi connectivity index (χ4v) is 5.50. The zero-order valence-electron chi connectivity index (χ0n) is 19.2. The lowest BCUT2D eigenvalue weighted by atomic mass is 9.78. The Morgan fingerprint density at radius 1 is 1.21 bits per heavy atom. The number of aliphatic hydroxyl groups is 1. The molecular formula is C26H32ClNO5S. The molecule has 8 heteroatoms. The highest BCUT2D eigenvalue weighted by atomic mass is 35.5. The fourth-order valence-electron chi connectivity index (χ4n) is 4.02. The summed E-state index contributed by atoms with van der Waals surface area (Å²) in [4.78, 5) is 19.0. The van der Waals surface area contributed by atoms with E-state index in [9.17, 15) is 19.8 Å². The van der Waals surface area contributed by atoms with Gasteiger partial charge in [0.15, 0.2) is 0 Å². The highest BCUT2D eigenvalue weighted by Crippen LogP contribution is 2.41. The molecule has 6 nitrogen and oxygen atoms in total. The van der Waals surface area contributed by atoms with Gasteiger partial charge >= 0.3 is 5.97 Å². The van der Waals surface area contributed by atoms with E-state index in [1.807, 2.05) is 42.1 Å². The number of aliphatic carboxylic acids is 2.